The minimum absolute atomic E-state index is 0.0338. The van der Waals surface area contributed by atoms with Crippen LogP contribution < -0.4 is 0 Å². The molecule has 2 aromatic heterocycles. The molecule has 0 aliphatic carbocycles. The fourth-order valence-corrected chi connectivity index (χ4v) is 3.63. The Balaban J connectivity index is 1.57. The van der Waals surface area contributed by atoms with Crippen LogP contribution in [0.25, 0.3) is 11.0 Å². The number of carbonyl (C=O) groups is 1. The number of amides is 1. The van der Waals surface area contributed by atoms with Gasteiger partial charge in [-0.15, -0.1) is 0 Å². The number of rotatable bonds is 4. The average Bonchev–Trinajstić information content (AvgIpc) is 3.49. The third-order valence-corrected chi connectivity index (χ3v) is 5.12. The summed E-state index contributed by atoms with van der Waals surface area (Å²) in [5.74, 6) is -0.232. The van der Waals surface area contributed by atoms with Crippen molar-refractivity contribution in [3.63, 3.8) is 0 Å². The molecule has 31 heavy (non-hydrogen) atoms. The molecule has 0 saturated heterocycles. The quantitative estimate of drug-likeness (QED) is 0.367. The van der Waals surface area contributed by atoms with E-state index in [-0.39, 0.29) is 11.4 Å². The first-order valence-corrected chi connectivity index (χ1v) is 9.50. The summed E-state index contributed by atoms with van der Waals surface area (Å²) in [6.45, 7) is 0. The molecule has 5 rings (SSSR count). The van der Waals surface area contributed by atoms with Crippen molar-refractivity contribution in [2.24, 2.45) is 5.10 Å². The second-order valence-electron chi connectivity index (χ2n) is 7.01. The Labute approximate surface area is 175 Å². The maximum atomic E-state index is 13.1. The molecular weight excluding hydrogens is 398 g/mol. The molecule has 0 saturated carbocycles. The molecule has 0 bridgehead atoms. The number of nitrogens with zero attached hydrogens (tertiary/aromatic N) is 5. The lowest BCUT2D eigenvalue weighted by Gasteiger charge is -2.21. The third-order valence-electron chi connectivity index (χ3n) is 5.12. The van der Waals surface area contributed by atoms with Gasteiger partial charge in [0.15, 0.2) is 5.76 Å². The number of hydrogen-bond acceptors (Lipinski definition) is 7. The van der Waals surface area contributed by atoms with E-state index in [9.17, 15) is 14.9 Å². The highest BCUT2D eigenvalue weighted by molar-refractivity contribution is 6.05. The molecule has 1 atom stereocenters. The number of hydrogen-bond donors (Lipinski definition) is 0. The molecule has 1 amide bonds. The Kier molecular flexibility index (Phi) is 4.47. The van der Waals surface area contributed by atoms with Crippen LogP contribution in [-0.4, -0.2) is 31.5 Å². The molecule has 152 valence electrons. The maximum absolute atomic E-state index is 13.1. The summed E-state index contributed by atoms with van der Waals surface area (Å²) in [6, 6.07) is 14.6. The Bertz CT molecular complexity index is 1330. The van der Waals surface area contributed by atoms with Crippen molar-refractivity contribution in [3.05, 3.63) is 100 Å². The molecule has 2 aromatic carbocycles. The number of nitro benzene ring substituents is 1. The van der Waals surface area contributed by atoms with Gasteiger partial charge in [-0.3, -0.25) is 24.9 Å². The van der Waals surface area contributed by atoms with Crippen LogP contribution in [0.2, 0.25) is 0 Å². The number of carbonyl (C=O) groups excluding carboxylic acids is 1. The Morgan fingerprint density at radius 2 is 1.90 bits per heavy atom. The minimum Gasteiger partial charge on any atom is -0.459 e. The van der Waals surface area contributed by atoms with E-state index in [1.807, 2.05) is 18.2 Å². The molecule has 9 nitrogen and oxygen atoms in total. The molecule has 3 heterocycles. The number of benzene rings is 2. The zero-order valence-electron chi connectivity index (χ0n) is 16.1. The van der Waals surface area contributed by atoms with Gasteiger partial charge < -0.3 is 4.42 Å². The van der Waals surface area contributed by atoms with Crippen molar-refractivity contribution >= 4 is 28.3 Å². The van der Waals surface area contributed by atoms with Crippen LogP contribution in [0.1, 0.15) is 34.1 Å². The number of fused-ring (bicyclic) bond motifs is 1. The van der Waals surface area contributed by atoms with Crippen LogP contribution in [0.5, 0.6) is 0 Å². The minimum atomic E-state index is -0.454. The lowest BCUT2D eigenvalue weighted by molar-refractivity contribution is -0.384. The van der Waals surface area contributed by atoms with Crippen molar-refractivity contribution < 1.29 is 14.1 Å². The van der Waals surface area contributed by atoms with Gasteiger partial charge in [-0.2, -0.15) is 5.10 Å². The van der Waals surface area contributed by atoms with E-state index in [2.05, 4.69) is 15.1 Å². The SMILES string of the molecule is O=C(c1ccco1)N1N=C(c2cccc([N+](=O)[O-])c2)C[C@@H]1c1ccc2nccnc2c1. The molecule has 4 aromatic rings. The van der Waals surface area contributed by atoms with E-state index >= 15 is 0 Å². The molecular formula is C22H15N5O4. The number of furan rings is 1. The number of hydrazone groups is 1. The Morgan fingerprint density at radius 1 is 1.06 bits per heavy atom. The van der Waals surface area contributed by atoms with E-state index in [0.29, 0.717) is 23.2 Å². The second-order valence-corrected chi connectivity index (χ2v) is 7.01. The molecule has 0 unspecified atom stereocenters. The van der Waals surface area contributed by atoms with Gasteiger partial charge in [0.25, 0.3) is 5.69 Å². The second kappa shape index (κ2) is 7.45. The summed E-state index contributed by atoms with van der Waals surface area (Å²) < 4.78 is 5.28. The normalized spacial score (nSPS) is 15.8. The van der Waals surface area contributed by atoms with Gasteiger partial charge in [0.1, 0.15) is 0 Å². The molecule has 1 aliphatic heterocycles. The van der Waals surface area contributed by atoms with Crippen LogP contribution in [-0.2, 0) is 0 Å². The van der Waals surface area contributed by atoms with Gasteiger partial charge in [0.05, 0.1) is 34.0 Å². The standard InChI is InChI=1S/C22H15N5O4/c28-22(21-5-2-10-31-21)26-20(15-6-7-17-19(12-15)24-9-8-23-17)13-18(25-26)14-3-1-4-16(11-14)27(29)30/h1-12,20H,13H2/t20-/m1/s1. The first kappa shape index (κ1) is 18.6. The Hall–Kier alpha value is -4.40. The van der Waals surface area contributed by atoms with Crippen molar-refractivity contribution in [2.45, 2.75) is 12.5 Å². The summed E-state index contributed by atoms with van der Waals surface area (Å²) in [7, 11) is 0. The van der Waals surface area contributed by atoms with Crippen LogP contribution in [0.15, 0.2) is 82.8 Å². The first-order valence-electron chi connectivity index (χ1n) is 9.50. The lowest BCUT2D eigenvalue weighted by Crippen LogP contribution is -2.26. The molecule has 0 spiro atoms. The van der Waals surface area contributed by atoms with Crippen LogP contribution in [0.4, 0.5) is 5.69 Å². The molecule has 0 radical (unpaired) electrons. The van der Waals surface area contributed by atoms with Gasteiger partial charge in [0.2, 0.25) is 0 Å². The zero-order valence-corrected chi connectivity index (χ0v) is 16.1. The molecule has 0 fully saturated rings. The van der Waals surface area contributed by atoms with Gasteiger partial charge in [-0.05, 0) is 29.8 Å². The van der Waals surface area contributed by atoms with Crippen molar-refractivity contribution in [1.82, 2.24) is 15.0 Å². The summed E-state index contributed by atoms with van der Waals surface area (Å²) in [6.07, 6.45) is 5.04. The summed E-state index contributed by atoms with van der Waals surface area (Å²) >= 11 is 0. The number of aromatic nitrogens is 2. The predicted octanol–water partition coefficient (Wildman–Crippen LogP) is 4.12. The first-order chi connectivity index (χ1) is 15.1. The van der Waals surface area contributed by atoms with Crippen LogP contribution >= 0.6 is 0 Å². The smallest absolute Gasteiger partial charge is 0.310 e. The zero-order chi connectivity index (χ0) is 21.4. The molecule has 0 N–H and O–H groups in total. The average molecular weight is 413 g/mol. The topological polar surface area (TPSA) is 115 Å². The van der Waals surface area contributed by atoms with Crippen molar-refractivity contribution in [3.8, 4) is 0 Å². The highest BCUT2D eigenvalue weighted by Crippen LogP contribution is 2.35. The number of nitro groups is 1. The van der Waals surface area contributed by atoms with Crippen molar-refractivity contribution in [2.75, 3.05) is 0 Å². The number of non-ortho nitro benzene ring substituents is 1. The van der Waals surface area contributed by atoms with E-state index in [1.165, 1.54) is 23.4 Å². The van der Waals surface area contributed by atoms with Gasteiger partial charge >= 0.3 is 5.91 Å². The van der Waals surface area contributed by atoms with Gasteiger partial charge in [-0.1, -0.05) is 18.2 Å². The largest absolute Gasteiger partial charge is 0.459 e. The Morgan fingerprint density at radius 3 is 2.68 bits per heavy atom. The van der Waals surface area contributed by atoms with Crippen molar-refractivity contribution in [1.29, 1.82) is 0 Å². The lowest BCUT2D eigenvalue weighted by atomic mass is 9.97. The molecule has 1 aliphatic rings. The van der Waals surface area contributed by atoms with E-state index < -0.39 is 16.9 Å². The summed E-state index contributed by atoms with van der Waals surface area (Å²) in [5, 5.41) is 17.1. The molecule has 9 heteroatoms. The summed E-state index contributed by atoms with van der Waals surface area (Å²) in [5.41, 5.74) is 3.41. The van der Waals surface area contributed by atoms with Gasteiger partial charge in [0, 0.05) is 36.5 Å². The monoisotopic (exact) mass is 413 g/mol. The fourth-order valence-electron chi connectivity index (χ4n) is 3.63. The van der Waals surface area contributed by atoms with Gasteiger partial charge in [-0.25, -0.2) is 5.01 Å². The van der Waals surface area contributed by atoms with Crippen LogP contribution in [0, 0.1) is 10.1 Å². The maximum Gasteiger partial charge on any atom is 0.310 e. The van der Waals surface area contributed by atoms with E-state index in [0.717, 1.165) is 11.1 Å². The summed E-state index contributed by atoms with van der Waals surface area (Å²) in [4.78, 5) is 32.5. The van der Waals surface area contributed by atoms with E-state index in [1.54, 1.807) is 36.7 Å². The predicted molar refractivity (Wildman–Crippen MR) is 111 cm³/mol. The highest BCUT2D eigenvalue weighted by Gasteiger charge is 2.35. The fraction of sp³-hybridized carbons (Fsp3) is 0.0909. The third kappa shape index (κ3) is 3.42. The highest BCUT2D eigenvalue weighted by atomic mass is 16.6. The van der Waals surface area contributed by atoms with Crippen LogP contribution in [0.3, 0.4) is 0 Å². The van der Waals surface area contributed by atoms with E-state index in [4.69, 9.17) is 4.42 Å².